The Labute approximate surface area is 183 Å². The molecule has 7 heteroatoms. The van der Waals surface area contributed by atoms with Crippen LogP contribution in [0.2, 0.25) is 5.02 Å². The molecule has 0 radical (unpaired) electrons. The monoisotopic (exact) mass is 430 g/mol. The van der Waals surface area contributed by atoms with Gasteiger partial charge < -0.3 is 20.0 Å². The molecule has 3 N–H and O–H groups in total. The Morgan fingerprint density at radius 3 is 2.37 bits per heavy atom. The number of halogens is 1. The Morgan fingerprint density at radius 1 is 1.03 bits per heavy atom. The first kappa shape index (κ1) is 22.3. The van der Waals surface area contributed by atoms with Crippen molar-refractivity contribution in [2.24, 2.45) is 0 Å². The van der Waals surface area contributed by atoms with Gasteiger partial charge in [-0.25, -0.2) is 0 Å². The molecule has 1 heterocycles. The molecule has 1 saturated heterocycles. The second-order valence-electron chi connectivity index (χ2n) is 8.15. The van der Waals surface area contributed by atoms with Gasteiger partial charge in [0.05, 0.1) is 6.54 Å². The minimum absolute atomic E-state index is 0.00217. The number of piperazine rings is 1. The summed E-state index contributed by atoms with van der Waals surface area (Å²) in [5, 5.41) is 3.61. The molecular weight excluding hydrogens is 400 g/mol. The van der Waals surface area contributed by atoms with Crippen LogP contribution in [-0.2, 0) is 16.1 Å². The first-order chi connectivity index (χ1) is 14.4. The van der Waals surface area contributed by atoms with Crippen molar-refractivity contribution in [1.29, 1.82) is 0 Å². The molecule has 0 aromatic heterocycles. The summed E-state index contributed by atoms with van der Waals surface area (Å²) in [7, 11) is 1.69. The quantitative estimate of drug-likeness (QED) is 0.580. The van der Waals surface area contributed by atoms with Gasteiger partial charge in [-0.2, -0.15) is 0 Å². The molecule has 1 fully saturated rings. The highest BCUT2D eigenvalue weighted by molar-refractivity contribution is 6.30. The van der Waals surface area contributed by atoms with Crippen LogP contribution in [0.15, 0.2) is 48.5 Å². The highest BCUT2D eigenvalue weighted by atomic mass is 35.5. The summed E-state index contributed by atoms with van der Waals surface area (Å²) in [4.78, 5) is 29.1. The molecule has 0 saturated carbocycles. The maximum absolute atomic E-state index is 12.6. The Hall–Kier alpha value is -2.41. The van der Waals surface area contributed by atoms with Crippen molar-refractivity contribution in [2.75, 3.05) is 51.6 Å². The molecule has 2 aromatic rings. The van der Waals surface area contributed by atoms with Crippen molar-refractivity contribution in [3.05, 3.63) is 64.7 Å². The SMILES string of the molecule is Cc1ccc(NC(=O)CN(C)C(=O)C[NH+]2CC[NH+](Cc3cccc(Cl)c3)CC2)cc1. The van der Waals surface area contributed by atoms with E-state index < -0.39 is 0 Å². The summed E-state index contributed by atoms with van der Waals surface area (Å²) >= 11 is 6.08. The number of likely N-dealkylation sites (N-methyl/N-ethyl adjacent to an activating group) is 1. The zero-order valence-corrected chi connectivity index (χ0v) is 18.5. The van der Waals surface area contributed by atoms with Gasteiger partial charge >= 0.3 is 0 Å². The number of rotatable bonds is 7. The number of nitrogens with zero attached hydrogens (tertiary/aromatic N) is 1. The molecule has 2 amide bonds. The number of anilines is 1. The van der Waals surface area contributed by atoms with Crippen LogP contribution in [-0.4, -0.2) is 63.0 Å². The predicted octanol–water partition coefficient (Wildman–Crippen LogP) is 0.0289. The minimum atomic E-state index is -0.180. The van der Waals surface area contributed by atoms with E-state index in [-0.39, 0.29) is 18.4 Å². The van der Waals surface area contributed by atoms with E-state index in [9.17, 15) is 9.59 Å². The van der Waals surface area contributed by atoms with Gasteiger partial charge in [0, 0.05) is 23.3 Å². The summed E-state index contributed by atoms with van der Waals surface area (Å²) in [6, 6.07) is 15.6. The Bertz CT molecular complexity index is 864. The van der Waals surface area contributed by atoms with Gasteiger partial charge in [0.1, 0.15) is 32.7 Å². The molecule has 0 aliphatic carbocycles. The third-order valence-corrected chi connectivity index (χ3v) is 5.79. The van der Waals surface area contributed by atoms with Gasteiger partial charge in [-0.05, 0) is 31.2 Å². The Morgan fingerprint density at radius 2 is 1.70 bits per heavy atom. The molecule has 30 heavy (non-hydrogen) atoms. The highest BCUT2D eigenvalue weighted by Gasteiger charge is 2.26. The molecule has 2 aromatic carbocycles. The molecule has 0 atom stereocenters. The van der Waals surface area contributed by atoms with E-state index in [4.69, 9.17) is 11.6 Å². The lowest BCUT2D eigenvalue weighted by Gasteiger charge is -2.30. The van der Waals surface area contributed by atoms with Crippen LogP contribution in [0.3, 0.4) is 0 Å². The molecule has 160 valence electrons. The van der Waals surface area contributed by atoms with Crippen molar-refractivity contribution in [3.63, 3.8) is 0 Å². The summed E-state index contributed by atoms with van der Waals surface area (Å²) in [5.41, 5.74) is 3.13. The zero-order valence-electron chi connectivity index (χ0n) is 17.7. The summed E-state index contributed by atoms with van der Waals surface area (Å²) in [5.74, 6) is -0.178. The molecule has 6 nitrogen and oxygen atoms in total. The second kappa shape index (κ2) is 10.6. The van der Waals surface area contributed by atoms with Crippen LogP contribution in [0.25, 0.3) is 0 Å². The second-order valence-corrected chi connectivity index (χ2v) is 8.58. The number of quaternary nitrogens is 2. The van der Waals surface area contributed by atoms with Gasteiger partial charge in [0.15, 0.2) is 6.54 Å². The van der Waals surface area contributed by atoms with Crippen LogP contribution in [0, 0.1) is 6.92 Å². The van der Waals surface area contributed by atoms with Crippen molar-refractivity contribution >= 4 is 29.1 Å². The maximum atomic E-state index is 12.6. The normalized spacial score (nSPS) is 18.6. The Balaban J connectivity index is 1.39. The number of hydrogen-bond donors (Lipinski definition) is 3. The summed E-state index contributed by atoms with van der Waals surface area (Å²) < 4.78 is 0. The van der Waals surface area contributed by atoms with Gasteiger partial charge in [-0.1, -0.05) is 41.4 Å². The van der Waals surface area contributed by atoms with Crippen LogP contribution in [0.5, 0.6) is 0 Å². The first-order valence-electron chi connectivity index (χ1n) is 10.4. The lowest BCUT2D eigenvalue weighted by Crippen LogP contribution is -3.28. The largest absolute Gasteiger partial charge is 0.332 e. The number of nitrogens with one attached hydrogen (secondary N) is 3. The predicted molar refractivity (Wildman–Crippen MR) is 119 cm³/mol. The van der Waals surface area contributed by atoms with E-state index in [0.717, 1.165) is 49.0 Å². The van der Waals surface area contributed by atoms with E-state index in [2.05, 4.69) is 11.4 Å². The third-order valence-electron chi connectivity index (χ3n) is 5.55. The number of amides is 2. The number of hydrogen-bond acceptors (Lipinski definition) is 2. The summed E-state index contributed by atoms with van der Waals surface area (Å²) in [6.45, 7) is 7.39. The van der Waals surface area contributed by atoms with Crippen molar-refractivity contribution in [2.45, 2.75) is 13.5 Å². The maximum Gasteiger partial charge on any atom is 0.277 e. The first-order valence-corrected chi connectivity index (χ1v) is 10.8. The van der Waals surface area contributed by atoms with Gasteiger partial charge in [0.2, 0.25) is 5.91 Å². The molecule has 0 spiro atoms. The number of benzene rings is 2. The smallest absolute Gasteiger partial charge is 0.277 e. The molecule has 1 aliphatic rings. The van der Waals surface area contributed by atoms with E-state index in [1.165, 1.54) is 20.3 Å². The number of carbonyl (C=O) groups is 2. The molecule has 1 aliphatic heterocycles. The van der Waals surface area contributed by atoms with E-state index in [1.807, 2.05) is 49.4 Å². The molecule has 0 bridgehead atoms. The molecule has 0 unspecified atom stereocenters. The fraction of sp³-hybridized carbons (Fsp3) is 0.391. The molecular formula is C23H31ClN4O2+2. The van der Waals surface area contributed by atoms with Gasteiger partial charge in [-0.3, -0.25) is 9.59 Å². The van der Waals surface area contributed by atoms with Crippen LogP contribution in [0.1, 0.15) is 11.1 Å². The number of aryl methyl sites for hydroxylation is 1. The lowest BCUT2D eigenvalue weighted by molar-refractivity contribution is -1.02. The van der Waals surface area contributed by atoms with Crippen LogP contribution < -0.4 is 15.1 Å². The van der Waals surface area contributed by atoms with Crippen molar-refractivity contribution < 1.29 is 19.4 Å². The molecule has 3 rings (SSSR count). The van der Waals surface area contributed by atoms with Crippen molar-refractivity contribution in [1.82, 2.24) is 4.90 Å². The van der Waals surface area contributed by atoms with Crippen LogP contribution in [0.4, 0.5) is 5.69 Å². The highest BCUT2D eigenvalue weighted by Crippen LogP contribution is 2.09. The standard InChI is InChI=1S/C23H29ClN4O2/c1-18-6-8-21(9-7-18)25-22(29)16-26(2)23(30)17-28-12-10-27(11-13-28)15-19-4-3-5-20(24)14-19/h3-9,14H,10-13,15-17H2,1-2H3,(H,25,29)/p+2. The fourth-order valence-electron chi connectivity index (χ4n) is 3.74. The third kappa shape index (κ3) is 6.83. The van der Waals surface area contributed by atoms with Gasteiger partial charge in [-0.15, -0.1) is 0 Å². The minimum Gasteiger partial charge on any atom is -0.332 e. The van der Waals surface area contributed by atoms with E-state index in [1.54, 1.807) is 7.05 Å². The average Bonchev–Trinajstić information content (AvgIpc) is 2.71. The van der Waals surface area contributed by atoms with Crippen molar-refractivity contribution in [3.8, 4) is 0 Å². The topological polar surface area (TPSA) is 58.3 Å². The summed E-state index contributed by atoms with van der Waals surface area (Å²) in [6.07, 6.45) is 0. The van der Waals surface area contributed by atoms with E-state index >= 15 is 0 Å². The zero-order chi connectivity index (χ0) is 21.5. The Kier molecular flexibility index (Phi) is 7.85. The lowest BCUT2D eigenvalue weighted by atomic mass is 10.2. The van der Waals surface area contributed by atoms with Crippen LogP contribution >= 0.6 is 11.6 Å². The average molecular weight is 431 g/mol. The fourth-order valence-corrected chi connectivity index (χ4v) is 3.95. The number of carbonyl (C=O) groups excluding carboxylic acids is 2. The van der Waals surface area contributed by atoms with E-state index in [0.29, 0.717) is 6.54 Å². The van der Waals surface area contributed by atoms with Gasteiger partial charge in [0.25, 0.3) is 5.91 Å².